The fourth-order valence-corrected chi connectivity index (χ4v) is 4.01. The lowest BCUT2D eigenvalue weighted by Gasteiger charge is -2.12. The maximum atomic E-state index is 12.8. The molecule has 152 valence electrons. The molecule has 4 aromatic rings. The number of amides is 1. The summed E-state index contributed by atoms with van der Waals surface area (Å²) >= 11 is 1.62. The van der Waals surface area contributed by atoms with Gasteiger partial charge in [-0.1, -0.05) is 19.1 Å². The molecule has 4 rings (SSSR count). The largest absolute Gasteiger partial charge is 0.495 e. The van der Waals surface area contributed by atoms with E-state index in [0.717, 1.165) is 33.0 Å². The van der Waals surface area contributed by atoms with Crippen LogP contribution in [0.25, 0.3) is 20.8 Å². The summed E-state index contributed by atoms with van der Waals surface area (Å²) in [6.45, 7) is 2.71. The van der Waals surface area contributed by atoms with E-state index in [1.54, 1.807) is 42.7 Å². The predicted molar refractivity (Wildman–Crippen MR) is 122 cm³/mol. The van der Waals surface area contributed by atoms with Crippen LogP contribution in [-0.2, 0) is 0 Å². The maximum Gasteiger partial charge on any atom is 0.255 e. The molecule has 0 bridgehead atoms. The first-order valence-corrected chi connectivity index (χ1v) is 10.6. The molecule has 0 fully saturated rings. The highest BCUT2D eigenvalue weighted by Gasteiger charge is 2.13. The van der Waals surface area contributed by atoms with E-state index in [0.29, 0.717) is 23.6 Å². The number of benzene rings is 3. The first kappa shape index (κ1) is 19.9. The number of hydrogen-bond donors (Lipinski definition) is 1. The summed E-state index contributed by atoms with van der Waals surface area (Å²) in [5.74, 6) is 1.14. The minimum atomic E-state index is -0.211. The Kier molecular flexibility index (Phi) is 5.95. The molecule has 0 aliphatic heterocycles. The molecule has 6 heteroatoms. The van der Waals surface area contributed by atoms with Crippen LogP contribution in [0.5, 0.6) is 11.5 Å². The molecule has 1 aromatic heterocycles. The number of ether oxygens (including phenoxy) is 2. The molecule has 30 heavy (non-hydrogen) atoms. The van der Waals surface area contributed by atoms with Crippen LogP contribution in [-0.4, -0.2) is 24.6 Å². The van der Waals surface area contributed by atoms with Crippen LogP contribution in [0, 0.1) is 0 Å². The molecule has 0 aliphatic carbocycles. The fourth-order valence-electron chi connectivity index (χ4n) is 3.05. The average molecular weight is 419 g/mol. The van der Waals surface area contributed by atoms with Crippen molar-refractivity contribution in [3.05, 3.63) is 72.3 Å². The zero-order valence-electron chi connectivity index (χ0n) is 16.8. The molecule has 5 nitrogen and oxygen atoms in total. The molecule has 1 heterocycles. The van der Waals surface area contributed by atoms with Gasteiger partial charge in [-0.2, -0.15) is 0 Å². The molecule has 0 atom stereocenters. The van der Waals surface area contributed by atoms with Crippen molar-refractivity contribution in [1.29, 1.82) is 0 Å². The second kappa shape index (κ2) is 8.97. The molecule has 1 N–H and O–H groups in total. The van der Waals surface area contributed by atoms with Gasteiger partial charge < -0.3 is 14.8 Å². The topological polar surface area (TPSA) is 60.5 Å². The SMILES string of the molecule is CCCOc1ccc(C(=O)Nc2cc(-c3nc4ccccc4s3)ccc2OC)cc1. The highest BCUT2D eigenvalue weighted by Crippen LogP contribution is 2.35. The lowest BCUT2D eigenvalue weighted by atomic mass is 10.1. The van der Waals surface area contributed by atoms with E-state index in [4.69, 9.17) is 14.5 Å². The highest BCUT2D eigenvalue weighted by atomic mass is 32.1. The summed E-state index contributed by atoms with van der Waals surface area (Å²) in [4.78, 5) is 17.5. The molecule has 1 amide bonds. The van der Waals surface area contributed by atoms with Crippen LogP contribution in [0.1, 0.15) is 23.7 Å². The summed E-state index contributed by atoms with van der Waals surface area (Å²) < 4.78 is 12.1. The van der Waals surface area contributed by atoms with Gasteiger partial charge in [0, 0.05) is 11.1 Å². The fraction of sp³-hybridized carbons (Fsp3) is 0.167. The van der Waals surface area contributed by atoms with Crippen LogP contribution >= 0.6 is 11.3 Å². The van der Waals surface area contributed by atoms with Crippen molar-refractivity contribution in [2.75, 3.05) is 19.0 Å². The Morgan fingerprint density at radius 1 is 1.07 bits per heavy atom. The number of carbonyl (C=O) groups excluding carboxylic acids is 1. The molecular formula is C24H22N2O3S. The van der Waals surface area contributed by atoms with Gasteiger partial charge in [-0.15, -0.1) is 11.3 Å². The number of nitrogens with zero attached hydrogens (tertiary/aromatic N) is 1. The smallest absolute Gasteiger partial charge is 0.255 e. The Balaban J connectivity index is 1.58. The van der Waals surface area contributed by atoms with Gasteiger partial charge in [-0.3, -0.25) is 4.79 Å². The minimum absolute atomic E-state index is 0.211. The van der Waals surface area contributed by atoms with Crippen molar-refractivity contribution in [3.8, 4) is 22.1 Å². The van der Waals surface area contributed by atoms with Crippen LogP contribution in [0.4, 0.5) is 5.69 Å². The van der Waals surface area contributed by atoms with E-state index >= 15 is 0 Å². The Labute approximate surface area is 179 Å². The van der Waals surface area contributed by atoms with Gasteiger partial charge in [0.15, 0.2) is 0 Å². The molecule has 0 saturated heterocycles. The first-order valence-electron chi connectivity index (χ1n) is 9.76. The minimum Gasteiger partial charge on any atom is -0.495 e. The van der Waals surface area contributed by atoms with Gasteiger partial charge in [-0.25, -0.2) is 4.98 Å². The lowest BCUT2D eigenvalue weighted by Crippen LogP contribution is -2.12. The number of thiazole rings is 1. The predicted octanol–water partition coefficient (Wildman–Crippen LogP) is 6.01. The Bertz CT molecular complexity index is 1140. The number of fused-ring (bicyclic) bond motifs is 1. The quantitative estimate of drug-likeness (QED) is 0.399. The average Bonchev–Trinajstić information content (AvgIpc) is 3.22. The monoisotopic (exact) mass is 418 g/mol. The zero-order chi connectivity index (χ0) is 20.9. The van der Waals surface area contributed by atoms with Crippen molar-refractivity contribution in [2.24, 2.45) is 0 Å². The van der Waals surface area contributed by atoms with E-state index in [2.05, 4.69) is 18.3 Å². The number of aromatic nitrogens is 1. The first-order chi connectivity index (χ1) is 14.7. The van der Waals surface area contributed by atoms with Crippen molar-refractivity contribution in [2.45, 2.75) is 13.3 Å². The molecule has 0 saturated carbocycles. The van der Waals surface area contributed by atoms with Gasteiger partial charge >= 0.3 is 0 Å². The molecule has 0 spiro atoms. The third-order valence-electron chi connectivity index (χ3n) is 4.58. The van der Waals surface area contributed by atoms with Gasteiger partial charge in [0.25, 0.3) is 5.91 Å². The highest BCUT2D eigenvalue weighted by molar-refractivity contribution is 7.21. The van der Waals surface area contributed by atoms with Crippen LogP contribution in [0.15, 0.2) is 66.7 Å². The van der Waals surface area contributed by atoms with Crippen molar-refractivity contribution >= 4 is 33.1 Å². The van der Waals surface area contributed by atoms with Crippen molar-refractivity contribution in [3.63, 3.8) is 0 Å². The second-order valence-corrected chi connectivity index (χ2v) is 7.76. The molecular weight excluding hydrogens is 396 g/mol. The third kappa shape index (κ3) is 4.28. The molecule has 0 radical (unpaired) electrons. The van der Waals surface area contributed by atoms with Gasteiger partial charge in [0.05, 0.1) is 29.6 Å². The molecule has 0 aliphatic rings. The standard InChI is InChI=1S/C24H22N2O3S/c1-3-14-29-18-11-8-16(9-12-18)23(27)25-20-15-17(10-13-21(20)28-2)24-26-19-6-4-5-7-22(19)30-24/h4-13,15H,3,14H2,1-2H3,(H,25,27). The summed E-state index contributed by atoms with van der Waals surface area (Å²) in [7, 11) is 1.59. The number of carbonyl (C=O) groups is 1. The van der Waals surface area contributed by atoms with Crippen molar-refractivity contribution < 1.29 is 14.3 Å². The lowest BCUT2D eigenvalue weighted by molar-refractivity contribution is 0.102. The summed E-state index contributed by atoms with van der Waals surface area (Å²) in [6.07, 6.45) is 0.938. The van der Waals surface area contributed by atoms with Crippen molar-refractivity contribution in [1.82, 2.24) is 4.98 Å². The van der Waals surface area contributed by atoms with E-state index in [9.17, 15) is 4.79 Å². The Hall–Kier alpha value is -3.38. The summed E-state index contributed by atoms with van der Waals surface area (Å²) in [5, 5.41) is 3.85. The van der Waals surface area contributed by atoms with Crippen LogP contribution in [0.2, 0.25) is 0 Å². The zero-order valence-corrected chi connectivity index (χ0v) is 17.7. The number of rotatable bonds is 7. The molecule has 3 aromatic carbocycles. The van der Waals surface area contributed by atoms with E-state index in [1.807, 2.05) is 36.4 Å². The normalized spacial score (nSPS) is 10.7. The maximum absolute atomic E-state index is 12.8. The second-order valence-electron chi connectivity index (χ2n) is 6.73. The summed E-state index contributed by atoms with van der Waals surface area (Å²) in [5.41, 5.74) is 3.04. The van der Waals surface area contributed by atoms with E-state index < -0.39 is 0 Å². The number of methoxy groups -OCH3 is 1. The molecule has 0 unspecified atom stereocenters. The van der Waals surface area contributed by atoms with Gasteiger partial charge in [0.2, 0.25) is 0 Å². The van der Waals surface area contributed by atoms with E-state index in [1.165, 1.54) is 0 Å². The van der Waals surface area contributed by atoms with Crippen LogP contribution < -0.4 is 14.8 Å². The number of para-hydroxylation sites is 1. The Morgan fingerprint density at radius 3 is 2.60 bits per heavy atom. The van der Waals surface area contributed by atoms with E-state index in [-0.39, 0.29) is 5.91 Å². The van der Waals surface area contributed by atoms with Gasteiger partial charge in [0.1, 0.15) is 16.5 Å². The number of nitrogens with one attached hydrogen (secondary N) is 1. The summed E-state index contributed by atoms with van der Waals surface area (Å²) in [6, 6.07) is 20.8. The number of anilines is 1. The third-order valence-corrected chi connectivity index (χ3v) is 5.66. The number of hydrogen-bond acceptors (Lipinski definition) is 5. The van der Waals surface area contributed by atoms with Crippen LogP contribution in [0.3, 0.4) is 0 Å². The Morgan fingerprint density at radius 2 is 1.87 bits per heavy atom. The van der Waals surface area contributed by atoms with Gasteiger partial charge in [-0.05, 0) is 61.0 Å².